The number of nitrogens with two attached hydrogens (primary N) is 1. The van der Waals surface area contributed by atoms with Crippen LogP contribution in [0.3, 0.4) is 0 Å². The highest BCUT2D eigenvalue weighted by molar-refractivity contribution is 7.99. The van der Waals surface area contributed by atoms with E-state index in [1.165, 1.54) is 6.07 Å². The second kappa shape index (κ2) is 6.69. The van der Waals surface area contributed by atoms with E-state index in [1.807, 2.05) is 11.8 Å². The predicted octanol–water partition coefficient (Wildman–Crippen LogP) is 1.87. The van der Waals surface area contributed by atoms with Crippen LogP contribution in [0, 0.1) is 0 Å². The van der Waals surface area contributed by atoms with Gasteiger partial charge in [-0.15, -0.1) is 0 Å². The summed E-state index contributed by atoms with van der Waals surface area (Å²) in [4.78, 5) is 0.251. The van der Waals surface area contributed by atoms with Crippen LogP contribution in [0.2, 0.25) is 0 Å². The minimum absolute atomic E-state index is 0.251. The maximum Gasteiger partial charge on any atom is 0.240 e. The molecule has 20 heavy (non-hydrogen) atoms. The minimum Gasteiger partial charge on any atom is -0.397 e. The molecule has 1 saturated heterocycles. The molecule has 0 aromatic heterocycles. The van der Waals surface area contributed by atoms with E-state index in [-0.39, 0.29) is 4.90 Å². The molecular weight excluding hydrogens is 294 g/mol. The zero-order valence-electron chi connectivity index (χ0n) is 11.6. The molecule has 0 aliphatic carbocycles. The summed E-state index contributed by atoms with van der Waals surface area (Å²) in [6.07, 6.45) is 2.16. The standard InChI is InChI=1S/C13H21N3O2S2/c1-2-15-20(17,18)11-3-4-12(14)13(9-11)16-10-5-7-19-8-6-10/h3-4,9-10,15-16H,2,5-8,14H2,1H3. The lowest BCUT2D eigenvalue weighted by Crippen LogP contribution is -2.26. The average Bonchev–Trinajstić information content (AvgIpc) is 2.42. The monoisotopic (exact) mass is 315 g/mol. The lowest BCUT2D eigenvalue weighted by molar-refractivity contribution is 0.584. The highest BCUT2D eigenvalue weighted by atomic mass is 32.2. The van der Waals surface area contributed by atoms with Crippen molar-refractivity contribution >= 4 is 33.2 Å². The van der Waals surface area contributed by atoms with Crippen molar-refractivity contribution in [2.45, 2.75) is 30.7 Å². The van der Waals surface area contributed by atoms with Crippen LogP contribution >= 0.6 is 11.8 Å². The van der Waals surface area contributed by atoms with Crippen molar-refractivity contribution < 1.29 is 8.42 Å². The number of nitrogen functional groups attached to an aromatic ring is 1. The van der Waals surface area contributed by atoms with Gasteiger partial charge in [-0.05, 0) is 42.5 Å². The number of rotatable bonds is 5. The number of anilines is 2. The van der Waals surface area contributed by atoms with Crippen LogP contribution in [-0.2, 0) is 10.0 Å². The first-order valence-electron chi connectivity index (χ1n) is 6.76. The lowest BCUT2D eigenvalue weighted by atomic mass is 10.1. The lowest BCUT2D eigenvalue weighted by Gasteiger charge is -2.24. The van der Waals surface area contributed by atoms with Crippen LogP contribution in [0.25, 0.3) is 0 Å². The summed E-state index contributed by atoms with van der Waals surface area (Å²) < 4.78 is 26.5. The summed E-state index contributed by atoms with van der Waals surface area (Å²) in [5.74, 6) is 2.26. The number of nitrogens with one attached hydrogen (secondary N) is 2. The van der Waals surface area contributed by atoms with Gasteiger partial charge in [-0.25, -0.2) is 13.1 Å². The third kappa shape index (κ3) is 3.80. The number of benzene rings is 1. The Morgan fingerprint density at radius 1 is 1.35 bits per heavy atom. The largest absolute Gasteiger partial charge is 0.397 e. The van der Waals surface area contributed by atoms with Crippen LogP contribution in [-0.4, -0.2) is 32.5 Å². The Morgan fingerprint density at radius 3 is 2.70 bits per heavy atom. The summed E-state index contributed by atoms with van der Waals surface area (Å²) in [6.45, 7) is 2.13. The van der Waals surface area contributed by atoms with Gasteiger partial charge in [0.15, 0.2) is 0 Å². The van der Waals surface area contributed by atoms with E-state index in [0.717, 1.165) is 24.3 Å². The summed E-state index contributed by atoms with van der Waals surface area (Å²) in [6, 6.07) is 5.17. The van der Waals surface area contributed by atoms with Gasteiger partial charge in [0.1, 0.15) is 0 Å². The third-order valence-corrected chi connectivity index (χ3v) is 5.84. The second-order valence-corrected chi connectivity index (χ2v) is 7.77. The molecule has 5 nitrogen and oxygen atoms in total. The zero-order chi connectivity index (χ0) is 14.6. The van der Waals surface area contributed by atoms with E-state index < -0.39 is 10.0 Å². The van der Waals surface area contributed by atoms with Crippen molar-refractivity contribution in [2.75, 3.05) is 29.1 Å². The Morgan fingerprint density at radius 2 is 2.05 bits per heavy atom. The molecular formula is C13H21N3O2S2. The maximum absolute atomic E-state index is 12.0. The summed E-state index contributed by atoms with van der Waals surface area (Å²) >= 11 is 1.95. The molecule has 0 unspecified atom stereocenters. The van der Waals surface area contributed by atoms with Crippen molar-refractivity contribution in [3.8, 4) is 0 Å². The highest BCUT2D eigenvalue weighted by Gasteiger charge is 2.17. The van der Waals surface area contributed by atoms with Gasteiger partial charge in [0.05, 0.1) is 16.3 Å². The van der Waals surface area contributed by atoms with E-state index in [0.29, 0.717) is 24.0 Å². The molecule has 0 saturated carbocycles. The van der Waals surface area contributed by atoms with Gasteiger partial charge in [-0.2, -0.15) is 11.8 Å². The fourth-order valence-electron chi connectivity index (χ4n) is 2.16. The normalized spacial score (nSPS) is 17.1. The average molecular weight is 315 g/mol. The van der Waals surface area contributed by atoms with Crippen molar-refractivity contribution in [2.24, 2.45) is 0 Å². The fraction of sp³-hybridized carbons (Fsp3) is 0.538. The molecule has 1 aliphatic rings. The van der Waals surface area contributed by atoms with Gasteiger partial charge in [-0.1, -0.05) is 6.92 Å². The van der Waals surface area contributed by atoms with Gasteiger partial charge in [0.2, 0.25) is 10.0 Å². The topological polar surface area (TPSA) is 84.2 Å². The number of hydrogen-bond donors (Lipinski definition) is 3. The number of thioether (sulfide) groups is 1. The molecule has 1 aromatic carbocycles. The Hall–Kier alpha value is -0.920. The van der Waals surface area contributed by atoms with E-state index in [4.69, 9.17) is 5.73 Å². The molecule has 1 aliphatic heterocycles. The van der Waals surface area contributed by atoms with Gasteiger partial charge in [0, 0.05) is 12.6 Å². The smallest absolute Gasteiger partial charge is 0.240 e. The van der Waals surface area contributed by atoms with E-state index in [2.05, 4.69) is 10.0 Å². The molecule has 112 valence electrons. The predicted molar refractivity (Wildman–Crippen MR) is 85.7 cm³/mol. The van der Waals surface area contributed by atoms with Gasteiger partial charge in [0.25, 0.3) is 0 Å². The Kier molecular flexibility index (Phi) is 5.17. The van der Waals surface area contributed by atoms with E-state index in [9.17, 15) is 8.42 Å². The molecule has 7 heteroatoms. The Labute approximate surface area is 124 Å². The van der Waals surface area contributed by atoms with Crippen LogP contribution in [0.4, 0.5) is 11.4 Å². The summed E-state index contributed by atoms with van der Waals surface area (Å²) in [7, 11) is -3.44. The first-order chi connectivity index (χ1) is 9.53. The second-order valence-electron chi connectivity index (χ2n) is 4.78. The molecule has 1 fully saturated rings. The minimum atomic E-state index is -3.44. The van der Waals surface area contributed by atoms with Gasteiger partial charge < -0.3 is 11.1 Å². The Balaban J connectivity index is 2.20. The van der Waals surface area contributed by atoms with Crippen molar-refractivity contribution in [1.29, 1.82) is 0 Å². The molecule has 0 amide bonds. The molecule has 1 heterocycles. The number of sulfonamides is 1. The molecule has 2 rings (SSSR count). The molecule has 4 N–H and O–H groups in total. The van der Waals surface area contributed by atoms with Crippen LogP contribution in [0.5, 0.6) is 0 Å². The fourth-order valence-corrected chi connectivity index (χ4v) is 4.34. The zero-order valence-corrected chi connectivity index (χ0v) is 13.2. The number of hydrogen-bond acceptors (Lipinski definition) is 5. The van der Waals surface area contributed by atoms with Crippen molar-refractivity contribution in [1.82, 2.24) is 4.72 Å². The third-order valence-electron chi connectivity index (χ3n) is 3.25. The van der Waals surface area contributed by atoms with Crippen LogP contribution in [0.15, 0.2) is 23.1 Å². The first kappa shape index (κ1) is 15.5. The van der Waals surface area contributed by atoms with Gasteiger partial charge in [-0.3, -0.25) is 0 Å². The van der Waals surface area contributed by atoms with E-state index >= 15 is 0 Å². The van der Waals surface area contributed by atoms with Gasteiger partial charge >= 0.3 is 0 Å². The molecule has 0 spiro atoms. The van der Waals surface area contributed by atoms with E-state index in [1.54, 1.807) is 19.1 Å². The first-order valence-corrected chi connectivity index (χ1v) is 9.40. The van der Waals surface area contributed by atoms with Crippen molar-refractivity contribution in [3.63, 3.8) is 0 Å². The summed E-state index contributed by atoms with van der Waals surface area (Å²) in [5.41, 5.74) is 7.23. The van der Waals surface area contributed by atoms with Crippen LogP contribution in [0.1, 0.15) is 19.8 Å². The molecule has 0 atom stereocenters. The summed E-state index contributed by atoms with van der Waals surface area (Å²) in [5, 5.41) is 3.37. The SMILES string of the molecule is CCNS(=O)(=O)c1ccc(N)c(NC2CCSCC2)c1. The molecule has 1 aromatic rings. The maximum atomic E-state index is 12.0. The molecule has 0 bridgehead atoms. The van der Waals surface area contributed by atoms with Crippen molar-refractivity contribution in [3.05, 3.63) is 18.2 Å². The quantitative estimate of drug-likeness (QED) is 0.723. The molecule has 0 radical (unpaired) electrons. The highest BCUT2D eigenvalue weighted by Crippen LogP contribution is 2.27. The Bertz CT molecular complexity index is 555. The van der Waals surface area contributed by atoms with Crippen LogP contribution < -0.4 is 15.8 Å².